The van der Waals surface area contributed by atoms with E-state index < -0.39 is 35.2 Å². The number of halogens is 2. The maximum absolute atomic E-state index is 14.6. The number of hydrogen-bond donors (Lipinski definition) is 0. The molecule has 2 bridgehead atoms. The minimum absolute atomic E-state index is 0.0298. The van der Waals surface area contributed by atoms with E-state index in [2.05, 4.69) is 45.9 Å². The van der Waals surface area contributed by atoms with Gasteiger partial charge in [-0.15, -0.1) is 10.2 Å². The Labute approximate surface area is 284 Å². The molecule has 1 aliphatic carbocycles. The van der Waals surface area contributed by atoms with Crippen LogP contribution in [-0.2, 0) is 26.6 Å². The lowest BCUT2D eigenvalue weighted by molar-refractivity contribution is -0.136. The van der Waals surface area contributed by atoms with E-state index in [0.29, 0.717) is 53.7 Å². The number of sulfonamides is 1. The van der Waals surface area contributed by atoms with Crippen LogP contribution >= 0.6 is 11.3 Å². The summed E-state index contributed by atoms with van der Waals surface area (Å²) < 4.78 is 65.1. The van der Waals surface area contributed by atoms with Crippen LogP contribution in [0, 0.1) is 12.5 Å². The van der Waals surface area contributed by atoms with Gasteiger partial charge in [-0.05, 0) is 43.0 Å². The van der Waals surface area contributed by atoms with E-state index in [0.717, 1.165) is 24.5 Å². The highest BCUT2D eigenvalue weighted by Crippen LogP contribution is 2.48. The summed E-state index contributed by atoms with van der Waals surface area (Å²) in [4.78, 5) is 18.8. The van der Waals surface area contributed by atoms with Crippen LogP contribution in [0.2, 0.25) is 25.7 Å². The fourth-order valence-corrected chi connectivity index (χ4v) is 9.75. The second-order valence-electron chi connectivity index (χ2n) is 14.5. The van der Waals surface area contributed by atoms with E-state index in [-0.39, 0.29) is 46.2 Å². The molecule has 2 aromatic heterocycles. The Hall–Kier alpha value is -3.10. The molecular weight excluding hydrogens is 677 g/mol. The standard InChI is InChI=1S/C32H41F2N7O4S2Si/c1-19(2)31(42)41-21-8-9-22(41)15-20(14-21)24-16-23(17-25-26(38-39(4)27(24)25)29-36-37-30(46-29)28(33)34)47(43,44)40(32(35-3)10-11-32)18-45-12-13-48(5,6)7/h14,16-17,19,21-22,28H,8-13,15,18H2,1-2,4-7H3. The van der Waals surface area contributed by atoms with Crippen molar-refractivity contribution >= 4 is 51.8 Å². The Morgan fingerprint density at radius 1 is 1.23 bits per heavy atom. The number of aromatic nitrogens is 4. The van der Waals surface area contributed by atoms with Gasteiger partial charge < -0.3 is 9.64 Å². The average molecular weight is 718 g/mol. The molecule has 6 rings (SSSR count). The Morgan fingerprint density at radius 3 is 2.54 bits per heavy atom. The zero-order valence-corrected chi connectivity index (χ0v) is 30.7. The molecular formula is C32H41F2N7O4S2Si. The number of carbonyl (C=O) groups is 1. The van der Waals surface area contributed by atoms with Gasteiger partial charge in [0, 0.05) is 44.6 Å². The molecule has 0 N–H and O–H groups in total. The van der Waals surface area contributed by atoms with Crippen LogP contribution in [-0.4, -0.2) is 82.7 Å². The summed E-state index contributed by atoms with van der Waals surface area (Å²) in [5.74, 6) is -0.0594. The number of hydrogen-bond acceptors (Lipinski definition) is 8. The molecule has 48 heavy (non-hydrogen) atoms. The fourth-order valence-electron chi connectivity index (χ4n) is 6.63. The lowest BCUT2D eigenvalue weighted by Crippen LogP contribution is -2.44. The minimum Gasteiger partial charge on any atom is -0.365 e. The van der Waals surface area contributed by atoms with Crippen LogP contribution < -0.4 is 0 Å². The quantitative estimate of drug-likeness (QED) is 0.0904. The third kappa shape index (κ3) is 6.35. The number of fused-ring (bicyclic) bond motifs is 3. The van der Waals surface area contributed by atoms with Crippen molar-refractivity contribution in [3.05, 3.63) is 40.2 Å². The van der Waals surface area contributed by atoms with Gasteiger partial charge >= 0.3 is 5.66 Å². The highest BCUT2D eigenvalue weighted by Gasteiger charge is 2.61. The number of nitrogens with zero attached hydrogens (tertiary/aromatic N) is 7. The van der Waals surface area contributed by atoms with Crippen LogP contribution in [0.1, 0.15) is 62.9 Å². The second-order valence-corrected chi connectivity index (χ2v) is 23.0. The Bertz CT molecular complexity index is 1930. The van der Waals surface area contributed by atoms with Crippen molar-refractivity contribution in [2.45, 2.75) is 101 Å². The number of alkyl halides is 2. The molecule has 1 amide bonds. The van der Waals surface area contributed by atoms with Gasteiger partial charge in [0.15, 0.2) is 10.0 Å². The number of amides is 1. The van der Waals surface area contributed by atoms with Crippen LogP contribution in [0.4, 0.5) is 8.78 Å². The molecule has 1 saturated heterocycles. The van der Waals surface area contributed by atoms with Gasteiger partial charge in [0.05, 0.1) is 29.3 Å². The van der Waals surface area contributed by atoms with Crippen molar-refractivity contribution in [3.8, 4) is 10.7 Å². The lowest BCUT2D eigenvalue weighted by atomic mass is 9.92. The van der Waals surface area contributed by atoms with Crippen LogP contribution in [0.15, 0.2) is 23.1 Å². The maximum Gasteiger partial charge on any atom is 0.303 e. The number of ether oxygens (including phenoxy) is 1. The van der Waals surface area contributed by atoms with E-state index in [1.54, 1.807) is 17.8 Å². The van der Waals surface area contributed by atoms with Crippen molar-refractivity contribution in [2.75, 3.05) is 13.3 Å². The first-order chi connectivity index (χ1) is 22.6. The van der Waals surface area contributed by atoms with Crippen LogP contribution in [0.25, 0.3) is 32.0 Å². The van der Waals surface area contributed by atoms with E-state index >= 15 is 0 Å². The summed E-state index contributed by atoms with van der Waals surface area (Å²) in [7, 11) is -4.02. The number of benzene rings is 1. The lowest BCUT2D eigenvalue weighted by Gasteiger charge is -2.35. The SMILES string of the molecule is [C-]#[N+]C1(N(COCC[Si](C)(C)C)S(=O)(=O)c2cc(C3=CC4CCC(C3)N4C(=O)C(C)C)c3c(c2)c(-c2nnc(C(F)F)s2)nn3C)CC1. The maximum atomic E-state index is 14.6. The van der Waals surface area contributed by atoms with Crippen molar-refractivity contribution in [1.29, 1.82) is 0 Å². The van der Waals surface area contributed by atoms with Crippen LogP contribution in [0.5, 0.6) is 0 Å². The first kappa shape index (κ1) is 34.7. The van der Waals surface area contributed by atoms with E-state index in [1.807, 2.05) is 18.7 Å². The smallest absolute Gasteiger partial charge is 0.303 e. The molecule has 11 nitrogen and oxygen atoms in total. The predicted octanol–water partition coefficient (Wildman–Crippen LogP) is 6.54. The molecule has 258 valence electrons. The van der Waals surface area contributed by atoms with Gasteiger partial charge in [-0.2, -0.15) is 5.10 Å². The van der Waals surface area contributed by atoms with Gasteiger partial charge in [0.2, 0.25) is 5.91 Å². The molecule has 2 aliphatic heterocycles. The molecule has 3 aliphatic rings. The molecule has 0 radical (unpaired) electrons. The second kappa shape index (κ2) is 12.7. The molecule has 0 spiro atoms. The number of aryl methyl sites for hydroxylation is 1. The van der Waals surface area contributed by atoms with Gasteiger partial charge in [-0.25, -0.2) is 23.8 Å². The van der Waals surface area contributed by atoms with Gasteiger partial charge in [-0.1, -0.05) is 55.2 Å². The summed E-state index contributed by atoms with van der Waals surface area (Å²) in [6, 6.07) is 3.82. The largest absolute Gasteiger partial charge is 0.365 e. The third-order valence-corrected chi connectivity index (χ3v) is 13.9. The van der Waals surface area contributed by atoms with Gasteiger partial charge in [0.25, 0.3) is 16.4 Å². The summed E-state index contributed by atoms with van der Waals surface area (Å²) in [6.45, 7) is 18.5. The zero-order valence-electron chi connectivity index (χ0n) is 28.0. The summed E-state index contributed by atoms with van der Waals surface area (Å²) in [5, 5.41) is 12.4. The van der Waals surface area contributed by atoms with Crippen molar-refractivity contribution in [2.24, 2.45) is 13.0 Å². The molecule has 1 aromatic carbocycles. The molecule has 2 atom stereocenters. The molecule has 2 unspecified atom stereocenters. The third-order valence-electron chi connectivity index (χ3n) is 9.39. The minimum atomic E-state index is -4.30. The molecule has 1 saturated carbocycles. The first-order valence-electron chi connectivity index (χ1n) is 16.2. The predicted molar refractivity (Wildman–Crippen MR) is 182 cm³/mol. The van der Waals surface area contributed by atoms with Crippen molar-refractivity contribution < 1.29 is 26.7 Å². The Morgan fingerprint density at radius 2 is 1.96 bits per heavy atom. The topological polar surface area (TPSA) is 115 Å². The zero-order chi connectivity index (χ0) is 34.8. The number of rotatable bonds is 12. The molecule has 2 fully saturated rings. The van der Waals surface area contributed by atoms with Gasteiger partial charge in [0.1, 0.15) is 12.4 Å². The highest BCUT2D eigenvalue weighted by atomic mass is 32.2. The Balaban J connectivity index is 1.50. The first-order valence-corrected chi connectivity index (χ1v) is 22.2. The van der Waals surface area contributed by atoms with Crippen molar-refractivity contribution in [1.82, 2.24) is 29.2 Å². The molecule has 16 heteroatoms. The molecule has 3 aromatic rings. The highest BCUT2D eigenvalue weighted by molar-refractivity contribution is 7.89. The summed E-state index contributed by atoms with van der Waals surface area (Å²) >= 11 is 0.710. The van der Waals surface area contributed by atoms with Crippen LogP contribution in [0.3, 0.4) is 0 Å². The van der Waals surface area contributed by atoms with Gasteiger partial charge in [-0.3, -0.25) is 14.3 Å². The number of carbonyl (C=O) groups excluding carboxylic acids is 1. The van der Waals surface area contributed by atoms with E-state index in [4.69, 9.17) is 11.3 Å². The van der Waals surface area contributed by atoms with E-state index in [1.165, 1.54) is 10.4 Å². The van der Waals surface area contributed by atoms with Crippen molar-refractivity contribution in [3.63, 3.8) is 0 Å². The average Bonchev–Trinajstić information content (AvgIpc) is 3.37. The summed E-state index contributed by atoms with van der Waals surface area (Å²) in [6.07, 6.45) is 2.21. The monoisotopic (exact) mass is 717 g/mol. The molecule has 4 heterocycles. The summed E-state index contributed by atoms with van der Waals surface area (Å²) in [5.41, 5.74) is 1.16. The Kier molecular flexibility index (Phi) is 9.16. The van der Waals surface area contributed by atoms with E-state index in [9.17, 15) is 22.0 Å². The normalized spacial score (nSPS) is 20.6. The fraction of sp³-hybridized carbons (Fsp3) is 0.594.